The van der Waals surface area contributed by atoms with Gasteiger partial charge in [0.1, 0.15) is 0 Å². The summed E-state index contributed by atoms with van der Waals surface area (Å²) in [4.78, 5) is 0. The smallest absolute Gasteiger partial charge is 0.00358 e. The second-order valence-corrected chi connectivity index (χ2v) is 5.57. The Morgan fingerprint density at radius 2 is 1.44 bits per heavy atom. The SMILES string of the molecule is CCCCCCC(C)C(C)CC[C@H](C)NC. The van der Waals surface area contributed by atoms with E-state index in [0.29, 0.717) is 6.04 Å². The molecule has 0 aliphatic heterocycles. The fraction of sp³-hybridized carbons (Fsp3) is 1.00. The molecule has 0 saturated carbocycles. The first-order chi connectivity index (χ1) is 7.61. The molecule has 1 N–H and O–H groups in total. The van der Waals surface area contributed by atoms with Crippen molar-refractivity contribution < 1.29 is 0 Å². The zero-order valence-corrected chi connectivity index (χ0v) is 12.2. The van der Waals surface area contributed by atoms with Crippen molar-refractivity contribution in [3.63, 3.8) is 0 Å². The van der Waals surface area contributed by atoms with Crippen molar-refractivity contribution >= 4 is 0 Å². The van der Waals surface area contributed by atoms with Crippen LogP contribution in [0.4, 0.5) is 0 Å². The number of unbranched alkanes of at least 4 members (excludes halogenated alkanes) is 3. The minimum absolute atomic E-state index is 0.676. The molecule has 98 valence electrons. The second-order valence-electron chi connectivity index (χ2n) is 5.57. The molecule has 3 atom stereocenters. The largest absolute Gasteiger partial charge is 0.317 e. The van der Waals surface area contributed by atoms with E-state index in [9.17, 15) is 0 Å². The van der Waals surface area contributed by atoms with Gasteiger partial charge in [-0.1, -0.05) is 52.9 Å². The molecule has 0 amide bonds. The predicted molar refractivity (Wildman–Crippen MR) is 74.8 cm³/mol. The van der Waals surface area contributed by atoms with Crippen LogP contribution in [0.2, 0.25) is 0 Å². The maximum atomic E-state index is 3.32. The van der Waals surface area contributed by atoms with Crippen LogP contribution in [0.5, 0.6) is 0 Å². The van der Waals surface area contributed by atoms with Gasteiger partial charge in [-0.05, 0) is 38.6 Å². The number of hydrogen-bond donors (Lipinski definition) is 1. The molecule has 2 unspecified atom stereocenters. The van der Waals surface area contributed by atoms with Crippen LogP contribution < -0.4 is 5.32 Å². The molecule has 0 aliphatic rings. The van der Waals surface area contributed by atoms with E-state index < -0.39 is 0 Å². The molecular formula is C15H33N. The van der Waals surface area contributed by atoms with Crippen LogP contribution in [0.25, 0.3) is 0 Å². The highest BCUT2D eigenvalue weighted by Crippen LogP contribution is 2.23. The minimum Gasteiger partial charge on any atom is -0.317 e. The maximum absolute atomic E-state index is 3.32. The minimum atomic E-state index is 0.676. The average Bonchev–Trinajstić information content (AvgIpc) is 2.30. The Balaban J connectivity index is 3.52. The number of hydrogen-bond acceptors (Lipinski definition) is 1. The molecule has 1 nitrogen and oxygen atoms in total. The molecule has 0 saturated heterocycles. The van der Waals surface area contributed by atoms with E-state index in [4.69, 9.17) is 0 Å². The average molecular weight is 227 g/mol. The lowest BCUT2D eigenvalue weighted by atomic mass is 9.86. The van der Waals surface area contributed by atoms with E-state index in [1.54, 1.807) is 0 Å². The monoisotopic (exact) mass is 227 g/mol. The first-order valence-corrected chi connectivity index (χ1v) is 7.29. The molecule has 0 fully saturated rings. The standard InChI is InChI=1S/C15H33N/c1-6-7-8-9-10-13(2)14(3)11-12-15(4)16-5/h13-16H,6-12H2,1-5H3/t13?,14?,15-/m0/s1. The van der Waals surface area contributed by atoms with Gasteiger partial charge in [0.2, 0.25) is 0 Å². The summed E-state index contributed by atoms with van der Waals surface area (Å²) in [5.41, 5.74) is 0. The van der Waals surface area contributed by atoms with Crippen molar-refractivity contribution in [3.05, 3.63) is 0 Å². The Hall–Kier alpha value is -0.0400. The van der Waals surface area contributed by atoms with Gasteiger partial charge in [-0.2, -0.15) is 0 Å². The molecule has 1 heteroatoms. The molecule has 0 rings (SSSR count). The van der Waals surface area contributed by atoms with Gasteiger partial charge in [0.05, 0.1) is 0 Å². The molecule has 0 aromatic carbocycles. The zero-order valence-electron chi connectivity index (χ0n) is 12.2. The highest BCUT2D eigenvalue weighted by atomic mass is 14.8. The van der Waals surface area contributed by atoms with Crippen molar-refractivity contribution in [3.8, 4) is 0 Å². The summed E-state index contributed by atoms with van der Waals surface area (Å²) in [6.07, 6.45) is 9.74. The Morgan fingerprint density at radius 1 is 0.812 bits per heavy atom. The van der Waals surface area contributed by atoms with Crippen LogP contribution in [-0.4, -0.2) is 13.1 Å². The Kier molecular flexibility index (Phi) is 10.1. The zero-order chi connectivity index (χ0) is 12.4. The van der Waals surface area contributed by atoms with Gasteiger partial charge >= 0.3 is 0 Å². The molecule has 0 bridgehead atoms. The van der Waals surface area contributed by atoms with Gasteiger partial charge in [0, 0.05) is 6.04 Å². The quantitative estimate of drug-likeness (QED) is 0.537. The Morgan fingerprint density at radius 3 is 2.00 bits per heavy atom. The van der Waals surface area contributed by atoms with Gasteiger partial charge < -0.3 is 5.32 Å². The molecule has 0 aromatic rings. The lowest BCUT2D eigenvalue weighted by Crippen LogP contribution is -2.22. The molecule has 0 spiro atoms. The molecule has 0 aliphatic carbocycles. The summed E-state index contributed by atoms with van der Waals surface area (Å²) >= 11 is 0. The van der Waals surface area contributed by atoms with Crippen molar-refractivity contribution in [2.45, 2.75) is 78.7 Å². The summed E-state index contributed by atoms with van der Waals surface area (Å²) in [5, 5.41) is 3.32. The first-order valence-electron chi connectivity index (χ1n) is 7.29. The summed E-state index contributed by atoms with van der Waals surface area (Å²) in [5.74, 6) is 1.79. The summed E-state index contributed by atoms with van der Waals surface area (Å²) in [6, 6.07) is 0.676. The lowest BCUT2D eigenvalue weighted by molar-refractivity contribution is 0.315. The topological polar surface area (TPSA) is 12.0 Å². The number of rotatable bonds is 10. The van der Waals surface area contributed by atoms with Crippen LogP contribution >= 0.6 is 0 Å². The van der Waals surface area contributed by atoms with Gasteiger partial charge in [0.25, 0.3) is 0 Å². The highest BCUT2D eigenvalue weighted by Gasteiger charge is 2.12. The molecular weight excluding hydrogens is 194 g/mol. The van der Waals surface area contributed by atoms with Gasteiger partial charge in [-0.3, -0.25) is 0 Å². The molecule has 0 aromatic heterocycles. The normalized spacial score (nSPS) is 17.1. The van der Waals surface area contributed by atoms with E-state index in [2.05, 4.69) is 40.1 Å². The van der Waals surface area contributed by atoms with Crippen molar-refractivity contribution in [2.24, 2.45) is 11.8 Å². The second kappa shape index (κ2) is 10.1. The van der Waals surface area contributed by atoms with Crippen LogP contribution in [0.1, 0.15) is 72.6 Å². The van der Waals surface area contributed by atoms with E-state index >= 15 is 0 Å². The van der Waals surface area contributed by atoms with Crippen molar-refractivity contribution in [1.29, 1.82) is 0 Å². The fourth-order valence-corrected chi connectivity index (χ4v) is 2.12. The van der Waals surface area contributed by atoms with Crippen molar-refractivity contribution in [1.82, 2.24) is 5.32 Å². The lowest BCUT2D eigenvalue weighted by Gasteiger charge is -2.21. The third-order valence-electron chi connectivity index (χ3n) is 4.03. The summed E-state index contributed by atoms with van der Waals surface area (Å²) in [7, 11) is 2.06. The number of nitrogens with one attached hydrogen (secondary N) is 1. The van der Waals surface area contributed by atoms with Gasteiger partial charge in [-0.15, -0.1) is 0 Å². The molecule has 16 heavy (non-hydrogen) atoms. The van der Waals surface area contributed by atoms with Gasteiger partial charge in [-0.25, -0.2) is 0 Å². The van der Waals surface area contributed by atoms with E-state index in [0.717, 1.165) is 11.8 Å². The van der Waals surface area contributed by atoms with Crippen LogP contribution in [-0.2, 0) is 0 Å². The third kappa shape index (κ3) is 8.15. The Bertz CT molecular complexity index is 144. The van der Waals surface area contributed by atoms with E-state index in [1.807, 2.05) is 0 Å². The predicted octanol–water partition coefficient (Wildman–Crippen LogP) is 4.62. The first kappa shape index (κ1) is 16.0. The van der Waals surface area contributed by atoms with Gasteiger partial charge in [0.15, 0.2) is 0 Å². The fourth-order valence-electron chi connectivity index (χ4n) is 2.12. The van der Waals surface area contributed by atoms with Crippen LogP contribution in [0, 0.1) is 11.8 Å². The summed E-state index contributed by atoms with van der Waals surface area (Å²) in [6.45, 7) is 9.41. The molecule has 0 heterocycles. The Labute approximate surface area is 103 Å². The van der Waals surface area contributed by atoms with E-state index in [1.165, 1.54) is 44.9 Å². The van der Waals surface area contributed by atoms with Crippen LogP contribution in [0.15, 0.2) is 0 Å². The highest BCUT2D eigenvalue weighted by molar-refractivity contribution is 4.66. The van der Waals surface area contributed by atoms with E-state index in [-0.39, 0.29) is 0 Å². The maximum Gasteiger partial charge on any atom is 0.00358 e. The summed E-state index contributed by atoms with van der Waals surface area (Å²) < 4.78 is 0. The van der Waals surface area contributed by atoms with Crippen molar-refractivity contribution in [2.75, 3.05) is 7.05 Å². The molecule has 0 radical (unpaired) electrons. The van der Waals surface area contributed by atoms with Crippen LogP contribution in [0.3, 0.4) is 0 Å². The third-order valence-corrected chi connectivity index (χ3v) is 4.03.